The van der Waals surface area contributed by atoms with Crippen molar-refractivity contribution in [2.75, 3.05) is 0 Å². The number of rotatable bonds is 3. The first-order valence-electron chi connectivity index (χ1n) is 5.01. The van der Waals surface area contributed by atoms with Gasteiger partial charge in [0.2, 0.25) is 0 Å². The lowest BCUT2D eigenvalue weighted by Gasteiger charge is -2.01. The van der Waals surface area contributed by atoms with E-state index in [1.165, 1.54) is 6.21 Å². The third kappa shape index (κ3) is 2.06. The second-order valence-corrected chi connectivity index (χ2v) is 3.46. The molecule has 0 unspecified atom stereocenters. The Morgan fingerprint density at radius 3 is 2.00 bits per heavy atom. The van der Waals surface area contributed by atoms with E-state index >= 15 is 0 Å². The molecule has 0 atom stereocenters. The van der Waals surface area contributed by atoms with Crippen LogP contribution < -0.4 is 0 Å². The number of hydrogen-bond donors (Lipinski definition) is 1. The second kappa shape index (κ2) is 4.53. The Morgan fingerprint density at radius 2 is 1.44 bits per heavy atom. The summed E-state index contributed by atoms with van der Waals surface area (Å²) in [6.45, 7) is 0. The zero-order valence-corrected chi connectivity index (χ0v) is 8.68. The van der Waals surface area contributed by atoms with Crippen LogP contribution in [-0.4, -0.2) is 12.0 Å². The van der Waals surface area contributed by atoms with Crippen LogP contribution in [0.5, 0.6) is 0 Å². The Balaban J connectivity index is 2.31. The highest BCUT2D eigenvalue weighted by atomic mass is 16.1. The van der Waals surface area contributed by atoms with Gasteiger partial charge in [-0.15, -0.1) is 0 Å². The predicted octanol–water partition coefficient (Wildman–Crippen LogP) is 2.92. The van der Waals surface area contributed by atoms with Crippen molar-refractivity contribution in [2.45, 2.75) is 0 Å². The lowest BCUT2D eigenvalue weighted by atomic mass is 10.0. The molecule has 78 valence electrons. The summed E-state index contributed by atoms with van der Waals surface area (Å²) in [5.74, 6) is 0.0112. The maximum atomic E-state index is 12.0. The standard InChI is InChI=1S/C14H11NO/c15-10-11-6-8-13(9-7-11)14(16)12-4-2-1-3-5-12/h1-10,15H. The Bertz CT molecular complexity index is 500. The first-order chi connectivity index (χ1) is 7.81. The Kier molecular flexibility index (Phi) is 2.92. The van der Waals surface area contributed by atoms with Crippen molar-refractivity contribution in [2.24, 2.45) is 0 Å². The van der Waals surface area contributed by atoms with Gasteiger partial charge in [-0.3, -0.25) is 4.79 Å². The molecule has 0 radical (unpaired) electrons. The van der Waals surface area contributed by atoms with Gasteiger partial charge in [0.1, 0.15) is 0 Å². The van der Waals surface area contributed by atoms with Gasteiger partial charge in [-0.25, -0.2) is 0 Å². The van der Waals surface area contributed by atoms with Crippen molar-refractivity contribution in [1.29, 1.82) is 5.41 Å². The van der Waals surface area contributed by atoms with Crippen LogP contribution in [0.15, 0.2) is 54.6 Å². The summed E-state index contributed by atoms with van der Waals surface area (Å²) < 4.78 is 0. The van der Waals surface area contributed by atoms with Crippen LogP contribution in [0.4, 0.5) is 0 Å². The Morgan fingerprint density at radius 1 is 0.875 bits per heavy atom. The van der Waals surface area contributed by atoms with Crippen LogP contribution >= 0.6 is 0 Å². The van der Waals surface area contributed by atoms with E-state index in [1.807, 2.05) is 18.2 Å². The fourth-order valence-electron chi connectivity index (χ4n) is 1.49. The molecule has 1 N–H and O–H groups in total. The van der Waals surface area contributed by atoms with E-state index in [4.69, 9.17) is 5.41 Å². The minimum absolute atomic E-state index is 0.0112. The molecular weight excluding hydrogens is 198 g/mol. The lowest BCUT2D eigenvalue weighted by Crippen LogP contribution is -2.00. The van der Waals surface area contributed by atoms with Crippen molar-refractivity contribution in [1.82, 2.24) is 0 Å². The molecule has 2 aromatic rings. The molecule has 0 heterocycles. The number of nitrogens with one attached hydrogen (secondary N) is 1. The van der Waals surface area contributed by atoms with Gasteiger partial charge in [0.05, 0.1) is 0 Å². The van der Waals surface area contributed by atoms with E-state index in [-0.39, 0.29) is 5.78 Å². The molecule has 0 amide bonds. The zero-order chi connectivity index (χ0) is 11.4. The second-order valence-electron chi connectivity index (χ2n) is 3.46. The largest absolute Gasteiger partial charge is 0.308 e. The molecular formula is C14H11NO. The minimum atomic E-state index is 0.0112. The predicted molar refractivity (Wildman–Crippen MR) is 64.2 cm³/mol. The molecule has 0 aliphatic heterocycles. The molecule has 0 saturated carbocycles. The first-order valence-corrected chi connectivity index (χ1v) is 5.01. The van der Waals surface area contributed by atoms with Gasteiger partial charge in [0.15, 0.2) is 5.78 Å². The molecule has 2 heteroatoms. The Hall–Kier alpha value is -2.22. The molecule has 0 aliphatic carbocycles. The molecule has 16 heavy (non-hydrogen) atoms. The summed E-state index contributed by atoms with van der Waals surface area (Å²) in [5, 5.41) is 7.08. The van der Waals surface area contributed by atoms with Crippen LogP contribution in [0.1, 0.15) is 21.5 Å². The van der Waals surface area contributed by atoms with Crippen molar-refractivity contribution in [3.63, 3.8) is 0 Å². The summed E-state index contributed by atoms with van der Waals surface area (Å²) in [6.07, 6.45) is 1.26. The Labute approximate surface area is 94.1 Å². The van der Waals surface area contributed by atoms with Crippen LogP contribution in [0.3, 0.4) is 0 Å². The third-order valence-corrected chi connectivity index (χ3v) is 2.38. The highest BCUT2D eigenvalue weighted by molar-refractivity contribution is 6.09. The van der Waals surface area contributed by atoms with Gasteiger partial charge in [-0.2, -0.15) is 0 Å². The molecule has 0 aliphatic rings. The van der Waals surface area contributed by atoms with E-state index in [1.54, 1.807) is 36.4 Å². The molecule has 0 spiro atoms. The normalized spacial score (nSPS) is 9.75. The van der Waals surface area contributed by atoms with Crippen molar-refractivity contribution >= 4 is 12.0 Å². The minimum Gasteiger partial charge on any atom is -0.308 e. The maximum Gasteiger partial charge on any atom is 0.193 e. The molecule has 0 saturated heterocycles. The van der Waals surface area contributed by atoms with Gasteiger partial charge in [0, 0.05) is 17.3 Å². The highest BCUT2D eigenvalue weighted by Crippen LogP contribution is 2.10. The van der Waals surface area contributed by atoms with Gasteiger partial charge < -0.3 is 5.41 Å². The number of benzene rings is 2. The van der Waals surface area contributed by atoms with Crippen molar-refractivity contribution in [3.8, 4) is 0 Å². The SMILES string of the molecule is N=Cc1ccc(C(=O)c2ccccc2)cc1. The highest BCUT2D eigenvalue weighted by Gasteiger charge is 2.07. The summed E-state index contributed by atoms with van der Waals surface area (Å²) in [5.41, 5.74) is 2.13. The van der Waals surface area contributed by atoms with E-state index < -0.39 is 0 Å². The van der Waals surface area contributed by atoms with E-state index in [2.05, 4.69) is 0 Å². The van der Waals surface area contributed by atoms with Crippen LogP contribution in [0.25, 0.3) is 0 Å². The van der Waals surface area contributed by atoms with E-state index in [9.17, 15) is 4.79 Å². The average molecular weight is 209 g/mol. The number of carbonyl (C=O) groups excluding carboxylic acids is 1. The molecule has 0 bridgehead atoms. The molecule has 0 fully saturated rings. The molecule has 0 aromatic heterocycles. The first kappa shape index (κ1) is 10.3. The van der Waals surface area contributed by atoms with E-state index in [0.717, 1.165) is 5.56 Å². The van der Waals surface area contributed by atoms with Crippen molar-refractivity contribution < 1.29 is 4.79 Å². The summed E-state index contributed by atoms with van der Waals surface area (Å²) in [7, 11) is 0. The number of ketones is 1. The van der Waals surface area contributed by atoms with E-state index in [0.29, 0.717) is 11.1 Å². The average Bonchev–Trinajstić information content (AvgIpc) is 2.39. The fourth-order valence-corrected chi connectivity index (χ4v) is 1.49. The topological polar surface area (TPSA) is 40.9 Å². The van der Waals surface area contributed by atoms with Crippen LogP contribution in [0, 0.1) is 5.41 Å². The quantitative estimate of drug-likeness (QED) is 0.612. The monoisotopic (exact) mass is 209 g/mol. The van der Waals surface area contributed by atoms with Gasteiger partial charge in [0.25, 0.3) is 0 Å². The zero-order valence-electron chi connectivity index (χ0n) is 8.68. The summed E-state index contributed by atoms with van der Waals surface area (Å²) >= 11 is 0. The van der Waals surface area contributed by atoms with Crippen LogP contribution in [-0.2, 0) is 0 Å². The summed E-state index contributed by atoms with van der Waals surface area (Å²) in [6, 6.07) is 16.2. The molecule has 2 nitrogen and oxygen atoms in total. The lowest BCUT2D eigenvalue weighted by molar-refractivity contribution is 0.103. The third-order valence-electron chi connectivity index (χ3n) is 2.38. The fraction of sp³-hybridized carbons (Fsp3) is 0. The molecule has 2 rings (SSSR count). The number of hydrogen-bond acceptors (Lipinski definition) is 2. The maximum absolute atomic E-state index is 12.0. The van der Waals surface area contributed by atoms with Gasteiger partial charge >= 0.3 is 0 Å². The van der Waals surface area contributed by atoms with Gasteiger partial charge in [-0.1, -0.05) is 54.6 Å². The summed E-state index contributed by atoms with van der Waals surface area (Å²) in [4.78, 5) is 12.0. The van der Waals surface area contributed by atoms with Gasteiger partial charge in [-0.05, 0) is 5.56 Å². The van der Waals surface area contributed by atoms with Crippen molar-refractivity contribution in [3.05, 3.63) is 71.3 Å². The smallest absolute Gasteiger partial charge is 0.193 e. The number of carbonyl (C=O) groups is 1. The molecule has 2 aromatic carbocycles. The van der Waals surface area contributed by atoms with Crippen LogP contribution in [0.2, 0.25) is 0 Å².